The number of ether oxygens (including phenoxy) is 1. The predicted octanol–water partition coefficient (Wildman–Crippen LogP) is 3.41. The molecule has 2 heteroatoms. The monoisotopic (exact) mass is 235 g/mol. The van der Waals surface area contributed by atoms with E-state index in [1.165, 1.54) is 12.0 Å². The molecule has 0 saturated heterocycles. The van der Waals surface area contributed by atoms with Gasteiger partial charge in [-0.3, -0.25) is 0 Å². The molecule has 1 rings (SSSR count). The van der Waals surface area contributed by atoms with Crippen molar-refractivity contribution in [2.24, 2.45) is 0 Å². The summed E-state index contributed by atoms with van der Waals surface area (Å²) < 4.78 is 5.80. The lowest BCUT2D eigenvalue weighted by Crippen LogP contribution is -2.27. The van der Waals surface area contributed by atoms with Crippen molar-refractivity contribution in [3.05, 3.63) is 29.8 Å². The van der Waals surface area contributed by atoms with Gasteiger partial charge in [-0.1, -0.05) is 32.0 Å². The average Bonchev–Trinajstić information content (AvgIpc) is 2.38. The average molecular weight is 235 g/mol. The van der Waals surface area contributed by atoms with Crippen molar-refractivity contribution < 1.29 is 4.74 Å². The van der Waals surface area contributed by atoms with Gasteiger partial charge in [0, 0.05) is 6.04 Å². The van der Waals surface area contributed by atoms with E-state index >= 15 is 0 Å². The lowest BCUT2D eigenvalue weighted by atomic mass is 10.1. The molecule has 1 atom stereocenters. The number of nitrogens with one attached hydrogen (secondary N) is 1. The van der Waals surface area contributed by atoms with Gasteiger partial charge in [0.1, 0.15) is 5.75 Å². The molecule has 17 heavy (non-hydrogen) atoms. The van der Waals surface area contributed by atoms with Crippen molar-refractivity contribution in [2.45, 2.75) is 46.1 Å². The van der Waals surface area contributed by atoms with E-state index < -0.39 is 0 Å². The molecule has 0 aliphatic rings. The number of hydrogen-bond acceptors (Lipinski definition) is 2. The number of hydrogen-bond donors (Lipinski definition) is 1. The van der Waals surface area contributed by atoms with Crippen LogP contribution in [0.25, 0.3) is 0 Å². The van der Waals surface area contributed by atoms with Crippen LogP contribution >= 0.6 is 0 Å². The van der Waals surface area contributed by atoms with E-state index in [4.69, 9.17) is 4.74 Å². The summed E-state index contributed by atoms with van der Waals surface area (Å²) in [5.41, 5.74) is 1.29. The molecular weight excluding hydrogens is 210 g/mol. The molecule has 2 nitrogen and oxygen atoms in total. The van der Waals surface area contributed by atoms with Gasteiger partial charge in [0.25, 0.3) is 0 Å². The van der Waals surface area contributed by atoms with Gasteiger partial charge in [-0.2, -0.15) is 0 Å². The Morgan fingerprint density at radius 3 is 2.71 bits per heavy atom. The minimum Gasteiger partial charge on any atom is -0.493 e. The van der Waals surface area contributed by atoms with Gasteiger partial charge in [-0.05, 0) is 44.4 Å². The third-order valence-electron chi connectivity index (χ3n) is 3.04. The minimum absolute atomic E-state index is 0.609. The first kappa shape index (κ1) is 14.0. The molecule has 0 bridgehead atoms. The van der Waals surface area contributed by atoms with Crippen LogP contribution in [0.3, 0.4) is 0 Å². The van der Waals surface area contributed by atoms with Gasteiger partial charge in [0.15, 0.2) is 0 Å². The Bertz CT molecular complexity index is 312. The predicted molar refractivity (Wildman–Crippen MR) is 73.7 cm³/mol. The summed E-state index contributed by atoms with van der Waals surface area (Å²) in [4.78, 5) is 0. The van der Waals surface area contributed by atoms with Gasteiger partial charge < -0.3 is 10.1 Å². The fourth-order valence-electron chi connectivity index (χ4n) is 1.68. The van der Waals surface area contributed by atoms with Crippen molar-refractivity contribution in [3.63, 3.8) is 0 Å². The van der Waals surface area contributed by atoms with Crippen molar-refractivity contribution in [2.75, 3.05) is 13.2 Å². The third-order valence-corrected chi connectivity index (χ3v) is 3.04. The highest BCUT2D eigenvalue weighted by Gasteiger charge is 2.00. The fourth-order valence-corrected chi connectivity index (χ4v) is 1.68. The van der Waals surface area contributed by atoms with Crippen LogP contribution in [0.4, 0.5) is 0 Å². The third kappa shape index (κ3) is 5.22. The fraction of sp³-hybridized carbons (Fsp3) is 0.600. The molecule has 0 aliphatic carbocycles. The second-order valence-corrected chi connectivity index (χ2v) is 4.43. The molecule has 1 aromatic carbocycles. The SMILES string of the molecule is CCc1ccccc1OCCCN[C@H](C)CC. The van der Waals surface area contributed by atoms with Gasteiger partial charge in [-0.25, -0.2) is 0 Å². The first-order valence-corrected chi connectivity index (χ1v) is 6.72. The summed E-state index contributed by atoms with van der Waals surface area (Å²) in [6.45, 7) is 8.40. The van der Waals surface area contributed by atoms with Crippen LogP contribution in [0.15, 0.2) is 24.3 Å². The summed E-state index contributed by atoms with van der Waals surface area (Å²) in [7, 11) is 0. The molecule has 0 spiro atoms. The molecule has 1 N–H and O–H groups in total. The Morgan fingerprint density at radius 1 is 1.24 bits per heavy atom. The highest BCUT2D eigenvalue weighted by atomic mass is 16.5. The summed E-state index contributed by atoms with van der Waals surface area (Å²) in [6.07, 6.45) is 3.27. The normalized spacial score (nSPS) is 12.4. The first-order valence-electron chi connectivity index (χ1n) is 6.72. The van der Waals surface area contributed by atoms with Gasteiger partial charge in [0.2, 0.25) is 0 Å². The van der Waals surface area contributed by atoms with Crippen LogP contribution in [0, 0.1) is 0 Å². The van der Waals surface area contributed by atoms with Crippen LogP contribution in [-0.4, -0.2) is 19.2 Å². The standard InChI is InChI=1S/C15H25NO/c1-4-13(3)16-11-8-12-17-15-10-7-6-9-14(15)5-2/h6-7,9-10,13,16H,4-5,8,11-12H2,1-3H3/t13-/m1/s1. The molecule has 0 amide bonds. The number of para-hydroxylation sites is 1. The van der Waals surface area contributed by atoms with Crippen molar-refractivity contribution >= 4 is 0 Å². The molecule has 0 radical (unpaired) electrons. The van der Waals surface area contributed by atoms with Crippen LogP contribution in [0.1, 0.15) is 39.2 Å². The lowest BCUT2D eigenvalue weighted by molar-refractivity contribution is 0.302. The number of rotatable bonds is 8. The van der Waals surface area contributed by atoms with E-state index in [0.717, 1.165) is 31.7 Å². The van der Waals surface area contributed by atoms with E-state index in [0.29, 0.717) is 6.04 Å². The second kappa shape index (κ2) is 8.13. The molecule has 0 aliphatic heterocycles. The zero-order chi connectivity index (χ0) is 12.5. The Labute approximate surface area is 105 Å². The highest BCUT2D eigenvalue weighted by Crippen LogP contribution is 2.18. The molecule has 1 aromatic rings. The van der Waals surface area contributed by atoms with E-state index in [1.54, 1.807) is 0 Å². The van der Waals surface area contributed by atoms with E-state index in [2.05, 4.69) is 44.3 Å². The second-order valence-electron chi connectivity index (χ2n) is 4.43. The van der Waals surface area contributed by atoms with Crippen LogP contribution in [0.5, 0.6) is 5.75 Å². The van der Waals surface area contributed by atoms with Crippen molar-refractivity contribution in [1.29, 1.82) is 0 Å². The minimum atomic E-state index is 0.609. The summed E-state index contributed by atoms with van der Waals surface area (Å²) in [5.74, 6) is 1.04. The van der Waals surface area contributed by atoms with Crippen LogP contribution < -0.4 is 10.1 Å². The Balaban J connectivity index is 2.22. The number of benzene rings is 1. The molecule has 0 aromatic heterocycles. The van der Waals surface area contributed by atoms with Crippen LogP contribution in [0.2, 0.25) is 0 Å². The maximum absolute atomic E-state index is 5.80. The Kier molecular flexibility index (Phi) is 6.71. The largest absolute Gasteiger partial charge is 0.493 e. The van der Waals surface area contributed by atoms with Gasteiger partial charge in [-0.15, -0.1) is 0 Å². The quantitative estimate of drug-likeness (QED) is 0.697. The van der Waals surface area contributed by atoms with E-state index in [-0.39, 0.29) is 0 Å². The summed E-state index contributed by atoms with van der Waals surface area (Å²) in [5, 5.41) is 3.47. The van der Waals surface area contributed by atoms with Gasteiger partial charge >= 0.3 is 0 Å². The molecule has 0 saturated carbocycles. The topological polar surface area (TPSA) is 21.3 Å². The molecular formula is C15H25NO. The van der Waals surface area contributed by atoms with Crippen LogP contribution in [-0.2, 0) is 6.42 Å². The van der Waals surface area contributed by atoms with Crippen molar-refractivity contribution in [3.8, 4) is 5.75 Å². The van der Waals surface area contributed by atoms with E-state index in [9.17, 15) is 0 Å². The summed E-state index contributed by atoms with van der Waals surface area (Å²) in [6, 6.07) is 8.90. The molecule has 0 unspecified atom stereocenters. The zero-order valence-corrected chi connectivity index (χ0v) is 11.3. The van der Waals surface area contributed by atoms with E-state index in [1.807, 2.05) is 6.07 Å². The Hall–Kier alpha value is -1.02. The highest BCUT2D eigenvalue weighted by molar-refractivity contribution is 5.33. The molecule has 96 valence electrons. The van der Waals surface area contributed by atoms with Crippen molar-refractivity contribution in [1.82, 2.24) is 5.32 Å². The van der Waals surface area contributed by atoms with Gasteiger partial charge in [0.05, 0.1) is 6.61 Å². The Morgan fingerprint density at radius 2 is 2.00 bits per heavy atom. The molecule has 0 heterocycles. The first-order chi connectivity index (χ1) is 8.27. The number of aryl methyl sites for hydroxylation is 1. The molecule has 0 fully saturated rings. The maximum Gasteiger partial charge on any atom is 0.122 e. The maximum atomic E-state index is 5.80. The smallest absolute Gasteiger partial charge is 0.122 e. The summed E-state index contributed by atoms with van der Waals surface area (Å²) >= 11 is 0. The zero-order valence-electron chi connectivity index (χ0n) is 11.3. The lowest BCUT2D eigenvalue weighted by Gasteiger charge is -2.12.